The number of carbonyl (C=O) groups is 3. The first-order valence-electron chi connectivity index (χ1n) is 16.2. The molecule has 0 bridgehead atoms. The van der Waals surface area contributed by atoms with Gasteiger partial charge in [-0.1, -0.05) is 36.2 Å². The Balaban J connectivity index is 1.10. The fraction of sp³-hybridized carbons (Fsp3) is 0.545. The second kappa shape index (κ2) is 14.2. The average molecular weight is 636 g/mol. The van der Waals surface area contributed by atoms with Gasteiger partial charge in [0.05, 0.1) is 12.1 Å². The Morgan fingerprint density at radius 3 is 2.33 bits per heavy atom. The highest BCUT2D eigenvalue weighted by molar-refractivity contribution is 6.31. The average Bonchev–Trinajstić information content (AvgIpc) is 3.08. The molecule has 4 aliphatic heterocycles. The molecule has 3 fully saturated rings. The molecule has 6 rings (SSSR count). The van der Waals surface area contributed by atoms with E-state index in [9.17, 15) is 19.3 Å². The molecule has 4 aliphatic rings. The first kappa shape index (κ1) is 31.3. The summed E-state index contributed by atoms with van der Waals surface area (Å²) in [5.74, 6) is -0.297. The van der Waals surface area contributed by atoms with Crippen LogP contribution in [0.2, 0.25) is 5.02 Å². The van der Waals surface area contributed by atoms with Gasteiger partial charge < -0.3 is 30.2 Å². The van der Waals surface area contributed by atoms with Crippen LogP contribution < -0.4 is 10.6 Å². The summed E-state index contributed by atoms with van der Waals surface area (Å²) < 4.78 is 0. The number of benzene rings is 2. The van der Waals surface area contributed by atoms with Gasteiger partial charge in [-0.25, -0.2) is 4.79 Å². The maximum atomic E-state index is 14.0. The van der Waals surface area contributed by atoms with Crippen LogP contribution in [0, 0.1) is 4.91 Å². The summed E-state index contributed by atoms with van der Waals surface area (Å²) in [4.78, 5) is 60.1. The molecule has 0 aliphatic carbocycles. The second-order valence-electron chi connectivity index (χ2n) is 12.6. The molecule has 2 aromatic rings. The van der Waals surface area contributed by atoms with Gasteiger partial charge in [-0.3, -0.25) is 9.59 Å². The van der Waals surface area contributed by atoms with Gasteiger partial charge in [0.1, 0.15) is 11.7 Å². The molecular weight excluding hydrogens is 594 g/mol. The van der Waals surface area contributed by atoms with Gasteiger partial charge >= 0.3 is 6.03 Å². The zero-order chi connectivity index (χ0) is 31.3. The van der Waals surface area contributed by atoms with E-state index in [2.05, 4.69) is 20.7 Å². The molecule has 12 heteroatoms. The molecule has 11 nitrogen and oxygen atoms in total. The number of rotatable bonds is 8. The van der Waals surface area contributed by atoms with Gasteiger partial charge in [0.15, 0.2) is 0 Å². The highest BCUT2D eigenvalue weighted by atomic mass is 35.5. The number of amides is 4. The maximum absolute atomic E-state index is 14.0. The van der Waals surface area contributed by atoms with Crippen molar-refractivity contribution in [1.82, 2.24) is 19.6 Å². The SMILES string of the molecule is O=Nc1ccc(Cl)cc1N[C@@H](CC(=O)N1CCC(N2Cc3ccccc3NC2=O)CC1)C(=O)N1CCC(N2CCCCC2)CC1. The minimum absolute atomic E-state index is 0.0202. The summed E-state index contributed by atoms with van der Waals surface area (Å²) in [7, 11) is 0. The molecule has 0 spiro atoms. The molecule has 45 heavy (non-hydrogen) atoms. The Hall–Kier alpha value is -3.70. The summed E-state index contributed by atoms with van der Waals surface area (Å²) in [5, 5.41) is 9.66. The number of hydrogen-bond donors (Lipinski definition) is 2. The van der Waals surface area contributed by atoms with E-state index in [1.165, 1.54) is 25.3 Å². The van der Waals surface area contributed by atoms with Crippen LogP contribution in [-0.4, -0.2) is 94.8 Å². The number of nitrogens with one attached hydrogen (secondary N) is 2. The Bertz CT molecular complexity index is 1400. The van der Waals surface area contributed by atoms with E-state index in [1.807, 2.05) is 34.1 Å². The van der Waals surface area contributed by atoms with Crippen LogP contribution in [0.3, 0.4) is 0 Å². The van der Waals surface area contributed by atoms with Crippen LogP contribution in [0.25, 0.3) is 0 Å². The number of anilines is 2. The van der Waals surface area contributed by atoms with Crippen molar-refractivity contribution in [3.63, 3.8) is 0 Å². The number of likely N-dealkylation sites (tertiary alicyclic amines) is 3. The molecule has 0 unspecified atom stereocenters. The molecule has 2 N–H and O–H groups in total. The van der Waals surface area contributed by atoms with E-state index >= 15 is 0 Å². The number of para-hydroxylation sites is 1. The summed E-state index contributed by atoms with van der Waals surface area (Å²) in [6.07, 6.45) is 6.83. The molecule has 0 radical (unpaired) electrons. The minimum Gasteiger partial charge on any atom is -0.371 e. The Labute approximate surface area is 269 Å². The Kier molecular flexibility index (Phi) is 9.85. The third-order valence-electron chi connectivity index (χ3n) is 9.87. The van der Waals surface area contributed by atoms with Crippen LogP contribution in [-0.2, 0) is 16.1 Å². The molecule has 1 atom stereocenters. The zero-order valence-corrected chi connectivity index (χ0v) is 26.4. The quantitative estimate of drug-likeness (QED) is 0.374. The molecule has 240 valence electrons. The van der Waals surface area contributed by atoms with Crippen molar-refractivity contribution in [3.8, 4) is 0 Å². The lowest BCUT2D eigenvalue weighted by Gasteiger charge is -2.42. The monoisotopic (exact) mass is 635 g/mol. The van der Waals surface area contributed by atoms with E-state index in [0.717, 1.165) is 37.2 Å². The van der Waals surface area contributed by atoms with Crippen LogP contribution in [0.15, 0.2) is 47.6 Å². The lowest BCUT2D eigenvalue weighted by atomic mass is 9.98. The van der Waals surface area contributed by atoms with Gasteiger partial charge in [-0.05, 0) is 86.6 Å². The number of urea groups is 1. The zero-order valence-electron chi connectivity index (χ0n) is 25.6. The highest BCUT2D eigenvalue weighted by Gasteiger charge is 2.36. The van der Waals surface area contributed by atoms with E-state index in [0.29, 0.717) is 62.3 Å². The number of hydrogen-bond acceptors (Lipinski definition) is 7. The van der Waals surface area contributed by atoms with Gasteiger partial charge in [0.2, 0.25) is 11.8 Å². The van der Waals surface area contributed by atoms with Crippen molar-refractivity contribution in [1.29, 1.82) is 0 Å². The van der Waals surface area contributed by atoms with E-state index in [-0.39, 0.29) is 36.0 Å². The fourth-order valence-electron chi connectivity index (χ4n) is 7.29. The fourth-order valence-corrected chi connectivity index (χ4v) is 7.47. The summed E-state index contributed by atoms with van der Waals surface area (Å²) in [6.45, 7) is 5.05. The van der Waals surface area contributed by atoms with E-state index < -0.39 is 6.04 Å². The first-order valence-corrected chi connectivity index (χ1v) is 16.6. The van der Waals surface area contributed by atoms with Gasteiger partial charge in [0.25, 0.3) is 0 Å². The van der Waals surface area contributed by atoms with Gasteiger partial charge in [0, 0.05) is 55.5 Å². The first-order chi connectivity index (χ1) is 21.9. The van der Waals surface area contributed by atoms with E-state index in [4.69, 9.17) is 11.6 Å². The third-order valence-corrected chi connectivity index (χ3v) is 10.1. The molecule has 2 aromatic carbocycles. The maximum Gasteiger partial charge on any atom is 0.322 e. The van der Waals surface area contributed by atoms with Crippen molar-refractivity contribution >= 4 is 46.5 Å². The van der Waals surface area contributed by atoms with Crippen LogP contribution in [0.5, 0.6) is 0 Å². The third kappa shape index (κ3) is 7.25. The van der Waals surface area contributed by atoms with Crippen molar-refractivity contribution in [3.05, 3.63) is 58.0 Å². The second-order valence-corrected chi connectivity index (χ2v) is 13.1. The number of nitroso groups, excluding NO2 is 1. The normalized spacial score (nSPS) is 20.7. The standard InChI is InChI=1S/C33H42ClN7O4/c34-24-8-9-28(37-45)29(20-24)35-30(32(43)40-18-10-25(11-19-40)38-14-4-1-5-15-38)21-31(42)39-16-12-26(13-17-39)41-22-23-6-2-3-7-27(23)36-33(41)44/h2-3,6-9,20,25-26,30,35H,1,4-5,10-19,21-22H2,(H,36,44)/t30-/m0/s1. The number of fused-ring (bicyclic) bond motifs is 1. The summed E-state index contributed by atoms with van der Waals surface area (Å²) in [5.41, 5.74) is 2.39. The number of piperidine rings is 3. The van der Waals surface area contributed by atoms with Crippen LogP contribution in [0.4, 0.5) is 21.9 Å². The minimum atomic E-state index is -0.870. The van der Waals surface area contributed by atoms with E-state index in [1.54, 1.807) is 17.0 Å². The lowest BCUT2D eigenvalue weighted by molar-refractivity contribution is -0.139. The lowest BCUT2D eigenvalue weighted by Crippen LogP contribution is -2.53. The van der Waals surface area contributed by atoms with Crippen LogP contribution in [0.1, 0.15) is 56.9 Å². The molecule has 4 heterocycles. The van der Waals surface area contributed by atoms with Crippen molar-refractivity contribution in [2.45, 2.75) is 76.0 Å². The van der Waals surface area contributed by atoms with Crippen molar-refractivity contribution in [2.24, 2.45) is 5.18 Å². The Morgan fingerprint density at radius 1 is 0.911 bits per heavy atom. The smallest absolute Gasteiger partial charge is 0.322 e. The largest absolute Gasteiger partial charge is 0.371 e. The molecule has 0 saturated carbocycles. The topological polar surface area (TPSA) is 118 Å². The molecule has 4 amide bonds. The Morgan fingerprint density at radius 2 is 1.60 bits per heavy atom. The number of halogens is 1. The summed E-state index contributed by atoms with van der Waals surface area (Å²) >= 11 is 6.23. The van der Waals surface area contributed by atoms with Crippen molar-refractivity contribution in [2.75, 3.05) is 49.9 Å². The molecule has 3 saturated heterocycles. The van der Waals surface area contributed by atoms with Crippen LogP contribution >= 0.6 is 11.6 Å². The van der Waals surface area contributed by atoms with Gasteiger partial charge in [-0.2, -0.15) is 0 Å². The van der Waals surface area contributed by atoms with Gasteiger partial charge in [-0.15, -0.1) is 4.91 Å². The summed E-state index contributed by atoms with van der Waals surface area (Å²) in [6, 6.07) is 12.0. The van der Waals surface area contributed by atoms with Crippen molar-refractivity contribution < 1.29 is 14.4 Å². The molecule has 0 aromatic heterocycles. The predicted octanol–water partition coefficient (Wildman–Crippen LogP) is 5.42. The predicted molar refractivity (Wildman–Crippen MR) is 175 cm³/mol. The number of nitrogens with zero attached hydrogens (tertiary/aromatic N) is 5. The molecular formula is C33H42ClN7O4. The number of carbonyl (C=O) groups excluding carboxylic acids is 3. The highest BCUT2D eigenvalue weighted by Crippen LogP contribution is 2.31.